The fourth-order valence-electron chi connectivity index (χ4n) is 5.22. The standard InChI is InChI=1S/C16H19N5O2.C13H16N2S/c1-10-3-2-6-21(9-10)16(23)15(22)20-13-8-19-14(17)12-7-18-5-4-11(12)13;1-15-8-6-10(7-9-15)13-14-11-4-2-3-5-12(11)16-13/h4-5,7-8,10H,2-3,6,9H2,1H3,(H2,17,19)(H,20,22);2-5,10H,6-9H2,1H3. The van der Waals surface area contributed by atoms with E-state index in [1.807, 2.05) is 11.3 Å². The molecule has 0 bridgehead atoms. The number of carbonyl (C=O) groups is 2. The van der Waals surface area contributed by atoms with Crippen molar-refractivity contribution < 1.29 is 9.59 Å². The van der Waals surface area contributed by atoms with Gasteiger partial charge in [0.2, 0.25) is 0 Å². The molecule has 1 atom stereocenters. The lowest BCUT2D eigenvalue weighted by Crippen LogP contribution is -2.44. The third-order valence-corrected chi connectivity index (χ3v) is 8.68. The minimum atomic E-state index is -0.649. The number of likely N-dealkylation sites (tertiary alicyclic amines) is 2. The molecule has 0 aliphatic carbocycles. The number of aromatic nitrogens is 3. The molecule has 2 aliphatic heterocycles. The van der Waals surface area contributed by atoms with Gasteiger partial charge in [0.1, 0.15) is 5.82 Å². The van der Waals surface area contributed by atoms with Gasteiger partial charge >= 0.3 is 11.8 Å². The summed E-state index contributed by atoms with van der Waals surface area (Å²) in [6, 6.07) is 10.2. The monoisotopic (exact) mass is 545 g/mol. The molecule has 3 N–H and O–H groups in total. The molecule has 6 rings (SSSR count). The highest BCUT2D eigenvalue weighted by Gasteiger charge is 2.26. The number of amides is 2. The molecule has 9 nitrogen and oxygen atoms in total. The molecule has 204 valence electrons. The molecule has 2 fully saturated rings. The Morgan fingerprint density at radius 3 is 2.62 bits per heavy atom. The highest BCUT2D eigenvalue weighted by atomic mass is 32.1. The van der Waals surface area contributed by atoms with Crippen LogP contribution >= 0.6 is 11.3 Å². The van der Waals surface area contributed by atoms with E-state index in [9.17, 15) is 9.59 Å². The molecule has 0 saturated carbocycles. The number of fused-ring (bicyclic) bond motifs is 2. The van der Waals surface area contributed by atoms with E-state index in [2.05, 4.69) is 58.4 Å². The van der Waals surface area contributed by atoms with Crippen molar-refractivity contribution in [2.75, 3.05) is 44.3 Å². The van der Waals surface area contributed by atoms with E-state index in [1.165, 1.54) is 47.4 Å². The molecule has 10 heteroatoms. The number of para-hydroxylation sites is 1. The van der Waals surface area contributed by atoms with Crippen LogP contribution in [0.4, 0.5) is 11.5 Å². The predicted molar refractivity (Wildman–Crippen MR) is 157 cm³/mol. The predicted octanol–water partition coefficient (Wildman–Crippen LogP) is 4.51. The van der Waals surface area contributed by atoms with Crippen LogP contribution in [-0.4, -0.2) is 69.8 Å². The molecule has 4 aromatic rings. The van der Waals surface area contributed by atoms with Crippen molar-refractivity contribution in [3.63, 3.8) is 0 Å². The number of carbonyl (C=O) groups excluding carboxylic acids is 2. The third kappa shape index (κ3) is 6.34. The lowest BCUT2D eigenvalue weighted by molar-refractivity contribution is -0.144. The SMILES string of the molecule is CC1CCCN(C(=O)C(=O)Nc2cnc(N)c3cnccc23)C1.CN1CCC(c2nc3ccccc3s2)CC1. The molecular weight excluding hydrogens is 510 g/mol. The number of hydrogen-bond acceptors (Lipinski definition) is 8. The van der Waals surface area contributed by atoms with E-state index in [-0.39, 0.29) is 0 Å². The van der Waals surface area contributed by atoms with Gasteiger partial charge in [0.15, 0.2) is 0 Å². The number of pyridine rings is 2. The Hall–Kier alpha value is -3.63. The van der Waals surface area contributed by atoms with Gasteiger partial charge in [-0.05, 0) is 69.9 Å². The summed E-state index contributed by atoms with van der Waals surface area (Å²) >= 11 is 1.88. The van der Waals surface area contributed by atoms with Crippen molar-refractivity contribution in [3.8, 4) is 0 Å². The van der Waals surface area contributed by atoms with Crippen molar-refractivity contribution in [1.82, 2.24) is 24.8 Å². The zero-order valence-electron chi connectivity index (χ0n) is 22.5. The summed E-state index contributed by atoms with van der Waals surface area (Å²) in [6.07, 6.45) is 9.18. The van der Waals surface area contributed by atoms with E-state index >= 15 is 0 Å². The molecule has 2 amide bonds. The fraction of sp³-hybridized carbons (Fsp3) is 0.414. The molecule has 0 spiro atoms. The highest BCUT2D eigenvalue weighted by Crippen LogP contribution is 2.33. The number of nitrogens with zero attached hydrogens (tertiary/aromatic N) is 5. The maximum absolute atomic E-state index is 12.3. The Bertz CT molecular complexity index is 1430. The van der Waals surface area contributed by atoms with Crippen LogP contribution < -0.4 is 11.1 Å². The normalized spacial score (nSPS) is 18.5. The van der Waals surface area contributed by atoms with Crippen molar-refractivity contribution >= 4 is 55.6 Å². The van der Waals surface area contributed by atoms with Gasteiger partial charge in [-0.1, -0.05) is 19.1 Å². The Morgan fingerprint density at radius 1 is 1.05 bits per heavy atom. The van der Waals surface area contributed by atoms with Crippen LogP contribution in [0, 0.1) is 5.92 Å². The van der Waals surface area contributed by atoms with E-state index in [0.29, 0.717) is 47.2 Å². The number of hydrogen-bond donors (Lipinski definition) is 2. The second-order valence-electron chi connectivity index (χ2n) is 10.5. The summed E-state index contributed by atoms with van der Waals surface area (Å²) < 4.78 is 1.33. The van der Waals surface area contributed by atoms with Crippen LogP contribution in [0.15, 0.2) is 48.9 Å². The average molecular weight is 546 g/mol. The van der Waals surface area contributed by atoms with Crippen molar-refractivity contribution in [2.24, 2.45) is 5.92 Å². The van der Waals surface area contributed by atoms with Crippen LogP contribution in [0.3, 0.4) is 0 Å². The summed E-state index contributed by atoms with van der Waals surface area (Å²) in [6.45, 7) is 5.75. The molecule has 3 aromatic heterocycles. The number of anilines is 2. The van der Waals surface area contributed by atoms with Gasteiger partial charge in [-0.15, -0.1) is 11.3 Å². The minimum Gasteiger partial charge on any atom is -0.383 e. The average Bonchev–Trinajstić information content (AvgIpc) is 3.39. The number of nitrogens with two attached hydrogens (primary N) is 1. The van der Waals surface area contributed by atoms with Gasteiger partial charge in [0.25, 0.3) is 0 Å². The number of nitrogens with one attached hydrogen (secondary N) is 1. The Labute approximate surface area is 232 Å². The summed E-state index contributed by atoms with van der Waals surface area (Å²) in [5.41, 5.74) is 7.44. The second-order valence-corrected chi connectivity index (χ2v) is 11.6. The first-order valence-corrected chi connectivity index (χ1v) is 14.3. The third-order valence-electron chi connectivity index (χ3n) is 7.48. The van der Waals surface area contributed by atoms with Crippen molar-refractivity contribution in [3.05, 3.63) is 53.9 Å². The molecular formula is C29H35N7O2S. The number of piperidine rings is 2. The first-order valence-electron chi connectivity index (χ1n) is 13.5. The maximum atomic E-state index is 12.3. The molecule has 2 aliphatic rings. The smallest absolute Gasteiger partial charge is 0.313 e. The fourth-order valence-corrected chi connectivity index (χ4v) is 6.36. The van der Waals surface area contributed by atoms with Gasteiger partial charge in [0, 0.05) is 42.2 Å². The summed E-state index contributed by atoms with van der Waals surface area (Å²) in [4.78, 5) is 41.4. The first kappa shape index (κ1) is 27.0. The van der Waals surface area contributed by atoms with Crippen molar-refractivity contribution in [1.29, 1.82) is 0 Å². The highest BCUT2D eigenvalue weighted by molar-refractivity contribution is 7.18. The molecule has 0 radical (unpaired) electrons. The lowest BCUT2D eigenvalue weighted by atomic mass is 9.98. The van der Waals surface area contributed by atoms with Crippen molar-refractivity contribution in [2.45, 2.75) is 38.5 Å². The Balaban J connectivity index is 0.000000168. The van der Waals surface area contributed by atoms with Crippen LogP contribution in [0.5, 0.6) is 0 Å². The van der Waals surface area contributed by atoms with Crippen LogP contribution in [0.25, 0.3) is 21.0 Å². The topological polar surface area (TPSA) is 117 Å². The van der Waals surface area contributed by atoms with Gasteiger partial charge in [-0.2, -0.15) is 0 Å². The van der Waals surface area contributed by atoms with E-state index < -0.39 is 11.8 Å². The number of nitrogen functional groups attached to an aromatic ring is 1. The quantitative estimate of drug-likeness (QED) is 0.356. The molecule has 2 saturated heterocycles. The van der Waals surface area contributed by atoms with Crippen LogP contribution in [0.2, 0.25) is 0 Å². The van der Waals surface area contributed by atoms with E-state index in [4.69, 9.17) is 10.7 Å². The van der Waals surface area contributed by atoms with Gasteiger partial charge in [-0.25, -0.2) is 9.97 Å². The van der Waals surface area contributed by atoms with Gasteiger partial charge in [0.05, 0.1) is 27.1 Å². The maximum Gasteiger partial charge on any atom is 0.313 e. The van der Waals surface area contributed by atoms with Crippen LogP contribution in [0.1, 0.15) is 43.5 Å². The van der Waals surface area contributed by atoms with Gasteiger partial charge in [-0.3, -0.25) is 14.6 Å². The first-order chi connectivity index (χ1) is 18.9. The number of rotatable bonds is 2. The molecule has 5 heterocycles. The van der Waals surface area contributed by atoms with E-state index in [0.717, 1.165) is 12.8 Å². The lowest BCUT2D eigenvalue weighted by Gasteiger charge is -2.30. The minimum absolute atomic E-state index is 0.335. The van der Waals surface area contributed by atoms with Crippen LogP contribution in [-0.2, 0) is 9.59 Å². The van der Waals surface area contributed by atoms with Gasteiger partial charge < -0.3 is 20.9 Å². The largest absolute Gasteiger partial charge is 0.383 e. The Morgan fingerprint density at radius 2 is 1.85 bits per heavy atom. The Kier molecular flexibility index (Phi) is 8.33. The van der Waals surface area contributed by atoms with E-state index in [1.54, 1.807) is 23.4 Å². The molecule has 1 unspecified atom stereocenters. The zero-order valence-corrected chi connectivity index (χ0v) is 23.3. The molecule has 1 aromatic carbocycles. The zero-order chi connectivity index (χ0) is 27.4. The summed E-state index contributed by atoms with van der Waals surface area (Å²) in [5, 5.41) is 5.34. The molecule has 39 heavy (non-hydrogen) atoms. The second kappa shape index (κ2) is 12.0. The summed E-state index contributed by atoms with van der Waals surface area (Å²) in [5.74, 6) is 0.292. The summed E-state index contributed by atoms with van der Waals surface area (Å²) in [7, 11) is 2.20. The number of thiazole rings is 1. The number of benzene rings is 1.